The van der Waals surface area contributed by atoms with E-state index in [1.54, 1.807) is 0 Å². The Labute approximate surface area is 159 Å². The van der Waals surface area contributed by atoms with Gasteiger partial charge in [0.15, 0.2) is 0 Å². The summed E-state index contributed by atoms with van der Waals surface area (Å²) in [6.07, 6.45) is 0.774. The second-order valence-corrected chi connectivity index (χ2v) is 8.07. The van der Waals surface area contributed by atoms with Crippen LogP contribution in [0.5, 0.6) is 0 Å². The molecular formula is C18H20N4O2S2. The van der Waals surface area contributed by atoms with E-state index in [0.29, 0.717) is 22.2 Å². The largest absolute Gasteiger partial charge is 0.325 e. The molecule has 0 spiro atoms. The fourth-order valence-electron chi connectivity index (χ4n) is 2.60. The van der Waals surface area contributed by atoms with E-state index in [1.807, 2.05) is 32.9 Å². The third kappa shape index (κ3) is 4.50. The van der Waals surface area contributed by atoms with Crippen LogP contribution in [0.3, 0.4) is 0 Å². The van der Waals surface area contributed by atoms with Crippen LogP contribution in [-0.4, -0.2) is 26.3 Å². The topological polar surface area (TPSA) is 76.4 Å². The number of carbonyl (C=O) groups is 1. The summed E-state index contributed by atoms with van der Waals surface area (Å²) in [6, 6.07) is 7.44. The van der Waals surface area contributed by atoms with Crippen molar-refractivity contribution in [1.82, 2.24) is 14.6 Å². The fraction of sp³-hybridized carbons (Fsp3) is 0.333. The van der Waals surface area contributed by atoms with Crippen molar-refractivity contribution in [2.24, 2.45) is 0 Å². The SMILES string of the molecule is CCc1nn2c(=O)cc(CSCC(=O)Nc3cc(C)cc(C)c3)nc2s1. The first kappa shape index (κ1) is 18.6. The third-order valence-corrected chi connectivity index (χ3v) is 5.65. The normalized spacial score (nSPS) is 11.0. The minimum absolute atomic E-state index is 0.0659. The van der Waals surface area contributed by atoms with E-state index in [4.69, 9.17) is 0 Å². The molecule has 0 unspecified atom stereocenters. The maximum absolute atomic E-state index is 12.1. The highest BCUT2D eigenvalue weighted by Gasteiger charge is 2.09. The molecule has 1 aromatic carbocycles. The van der Waals surface area contributed by atoms with Gasteiger partial charge >= 0.3 is 0 Å². The van der Waals surface area contributed by atoms with E-state index < -0.39 is 0 Å². The van der Waals surface area contributed by atoms with Gasteiger partial charge in [0.05, 0.1) is 11.4 Å². The van der Waals surface area contributed by atoms with Crippen LogP contribution in [0.4, 0.5) is 5.69 Å². The molecule has 0 saturated carbocycles. The number of rotatable bonds is 6. The van der Waals surface area contributed by atoms with Crippen LogP contribution in [-0.2, 0) is 17.0 Å². The molecule has 2 heterocycles. The Kier molecular flexibility index (Phi) is 5.73. The number of fused-ring (bicyclic) bond motifs is 1. The lowest BCUT2D eigenvalue weighted by molar-refractivity contribution is -0.113. The number of benzene rings is 1. The van der Waals surface area contributed by atoms with E-state index in [2.05, 4.69) is 21.5 Å². The number of carbonyl (C=O) groups excluding carboxylic acids is 1. The number of amides is 1. The van der Waals surface area contributed by atoms with Gasteiger partial charge in [-0.15, -0.1) is 11.8 Å². The average Bonchev–Trinajstić information content (AvgIpc) is 2.97. The molecule has 0 aliphatic carbocycles. The molecule has 0 aliphatic rings. The van der Waals surface area contributed by atoms with Gasteiger partial charge in [0.1, 0.15) is 5.01 Å². The van der Waals surface area contributed by atoms with Crippen molar-refractivity contribution in [3.63, 3.8) is 0 Å². The van der Waals surface area contributed by atoms with Crippen LogP contribution in [0.1, 0.15) is 28.8 Å². The second-order valence-electron chi connectivity index (χ2n) is 6.05. The Bertz CT molecular complexity index is 990. The van der Waals surface area contributed by atoms with Gasteiger partial charge in [0.25, 0.3) is 5.56 Å². The summed E-state index contributed by atoms with van der Waals surface area (Å²) in [5.74, 6) is 0.742. The standard InChI is InChI=1S/C18H20N4O2S2/c1-4-16-21-22-17(24)8-14(20-18(22)26-16)9-25-10-15(23)19-13-6-11(2)5-12(3)7-13/h5-8H,4,9-10H2,1-3H3,(H,19,23). The summed E-state index contributed by atoms with van der Waals surface area (Å²) in [6.45, 7) is 6.00. The van der Waals surface area contributed by atoms with Gasteiger partial charge in [-0.05, 0) is 43.5 Å². The van der Waals surface area contributed by atoms with Crippen molar-refractivity contribution < 1.29 is 4.79 Å². The quantitative estimate of drug-likeness (QED) is 0.702. The molecule has 8 heteroatoms. The Morgan fingerprint density at radius 1 is 1.23 bits per heavy atom. The van der Waals surface area contributed by atoms with Crippen molar-refractivity contribution >= 4 is 39.7 Å². The third-order valence-electron chi connectivity index (χ3n) is 3.63. The zero-order valence-corrected chi connectivity index (χ0v) is 16.5. The smallest absolute Gasteiger partial charge is 0.275 e. The maximum Gasteiger partial charge on any atom is 0.275 e. The van der Waals surface area contributed by atoms with Crippen LogP contribution >= 0.6 is 23.1 Å². The highest BCUT2D eigenvalue weighted by Crippen LogP contribution is 2.16. The molecular weight excluding hydrogens is 368 g/mol. The van der Waals surface area contributed by atoms with E-state index in [-0.39, 0.29) is 11.5 Å². The lowest BCUT2D eigenvalue weighted by Gasteiger charge is -2.07. The molecule has 26 heavy (non-hydrogen) atoms. The van der Waals surface area contributed by atoms with Crippen LogP contribution in [0.15, 0.2) is 29.1 Å². The van der Waals surface area contributed by atoms with Gasteiger partial charge in [0.2, 0.25) is 10.9 Å². The predicted octanol–water partition coefficient (Wildman–Crippen LogP) is 3.20. The van der Waals surface area contributed by atoms with Gasteiger partial charge in [-0.3, -0.25) is 9.59 Å². The van der Waals surface area contributed by atoms with Crippen LogP contribution in [0, 0.1) is 13.8 Å². The molecule has 0 atom stereocenters. The number of aromatic nitrogens is 3. The molecule has 0 bridgehead atoms. The number of hydrogen-bond donors (Lipinski definition) is 1. The number of nitrogens with one attached hydrogen (secondary N) is 1. The molecule has 0 radical (unpaired) electrons. The Balaban J connectivity index is 1.59. The maximum atomic E-state index is 12.1. The molecule has 1 N–H and O–H groups in total. The minimum Gasteiger partial charge on any atom is -0.325 e. The highest BCUT2D eigenvalue weighted by atomic mass is 32.2. The van der Waals surface area contributed by atoms with E-state index in [9.17, 15) is 9.59 Å². The van der Waals surface area contributed by atoms with Gasteiger partial charge in [-0.2, -0.15) is 9.61 Å². The number of anilines is 1. The molecule has 0 fully saturated rings. The highest BCUT2D eigenvalue weighted by molar-refractivity contribution is 7.99. The van der Waals surface area contributed by atoms with Crippen LogP contribution < -0.4 is 10.9 Å². The molecule has 1 amide bonds. The summed E-state index contributed by atoms with van der Waals surface area (Å²) in [4.78, 5) is 29.3. The number of hydrogen-bond acceptors (Lipinski definition) is 6. The first-order valence-corrected chi connectivity index (χ1v) is 10.3. The van der Waals surface area contributed by atoms with Crippen molar-refractivity contribution in [2.45, 2.75) is 32.9 Å². The summed E-state index contributed by atoms with van der Waals surface area (Å²) in [5, 5.41) is 8.02. The lowest BCUT2D eigenvalue weighted by Crippen LogP contribution is -2.16. The second kappa shape index (κ2) is 8.01. The van der Waals surface area contributed by atoms with Crippen molar-refractivity contribution in [2.75, 3.05) is 11.1 Å². The van der Waals surface area contributed by atoms with Gasteiger partial charge in [-0.25, -0.2) is 4.98 Å². The zero-order chi connectivity index (χ0) is 18.7. The fourth-order valence-corrected chi connectivity index (χ4v) is 4.18. The minimum atomic E-state index is -0.179. The van der Waals surface area contributed by atoms with Crippen molar-refractivity contribution in [1.29, 1.82) is 0 Å². The first-order chi connectivity index (χ1) is 12.4. The molecule has 0 saturated heterocycles. The molecule has 2 aromatic heterocycles. The monoisotopic (exact) mass is 388 g/mol. The molecule has 6 nitrogen and oxygen atoms in total. The summed E-state index contributed by atoms with van der Waals surface area (Å²) in [7, 11) is 0. The number of thioether (sulfide) groups is 1. The molecule has 136 valence electrons. The first-order valence-electron chi connectivity index (χ1n) is 8.29. The number of aryl methyl sites for hydroxylation is 3. The Morgan fingerprint density at radius 2 is 1.96 bits per heavy atom. The van der Waals surface area contributed by atoms with Crippen LogP contribution in [0.2, 0.25) is 0 Å². The average molecular weight is 389 g/mol. The molecule has 0 aliphatic heterocycles. The van der Waals surface area contributed by atoms with Crippen molar-refractivity contribution in [3.05, 3.63) is 56.4 Å². The predicted molar refractivity (Wildman–Crippen MR) is 107 cm³/mol. The van der Waals surface area contributed by atoms with Gasteiger partial charge < -0.3 is 5.32 Å². The van der Waals surface area contributed by atoms with Gasteiger partial charge in [0, 0.05) is 17.5 Å². The van der Waals surface area contributed by atoms with E-state index >= 15 is 0 Å². The number of nitrogens with zero attached hydrogens (tertiary/aromatic N) is 3. The summed E-state index contributed by atoms with van der Waals surface area (Å²) >= 11 is 2.86. The summed E-state index contributed by atoms with van der Waals surface area (Å²) < 4.78 is 1.34. The zero-order valence-electron chi connectivity index (χ0n) is 14.9. The molecule has 3 rings (SSSR count). The molecule has 3 aromatic rings. The van der Waals surface area contributed by atoms with E-state index in [1.165, 1.54) is 33.7 Å². The van der Waals surface area contributed by atoms with E-state index in [0.717, 1.165) is 28.2 Å². The Hall–Kier alpha value is -2.19. The Morgan fingerprint density at radius 3 is 2.65 bits per heavy atom. The van der Waals surface area contributed by atoms with Gasteiger partial charge in [-0.1, -0.05) is 24.3 Å². The van der Waals surface area contributed by atoms with Crippen LogP contribution in [0.25, 0.3) is 4.96 Å². The summed E-state index contributed by atoms with van der Waals surface area (Å²) in [5.41, 5.74) is 3.53. The van der Waals surface area contributed by atoms with Crippen molar-refractivity contribution in [3.8, 4) is 0 Å². The lowest BCUT2D eigenvalue weighted by atomic mass is 10.1.